The zero-order valence-electron chi connectivity index (χ0n) is 15.1. The third-order valence-corrected chi connectivity index (χ3v) is 4.24. The Balaban J connectivity index is 2.78. The smallest absolute Gasteiger partial charge is 0.313 e. The zero-order valence-corrected chi connectivity index (χ0v) is 15.1. The average molecular weight is 316 g/mol. The summed E-state index contributed by atoms with van der Waals surface area (Å²) in [6.45, 7) is 11.3. The number of hydrogen-bond acceptors (Lipinski definition) is 4. The minimum Gasteiger partial charge on any atom is -0.367 e. The molecule has 1 aliphatic rings. The van der Waals surface area contributed by atoms with Crippen molar-refractivity contribution >= 4 is 0 Å². The van der Waals surface area contributed by atoms with E-state index >= 15 is 0 Å². The Morgan fingerprint density at radius 1 is 0.818 bits per heavy atom. The molecule has 0 N–H and O–H groups in total. The van der Waals surface area contributed by atoms with E-state index in [0.717, 1.165) is 58.0 Å². The SMILES string of the molecule is CCCCOC1(C)CCCOC1(OCCCC)OCCCC. The van der Waals surface area contributed by atoms with E-state index in [1.165, 1.54) is 0 Å². The van der Waals surface area contributed by atoms with Crippen molar-refractivity contribution in [2.45, 2.75) is 90.6 Å². The first-order valence-electron chi connectivity index (χ1n) is 9.20. The fraction of sp³-hybridized carbons (Fsp3) is 1.00. The molecule has 4 heteroatoms. The highest BCUT2D eigenvalue weighted by atomic mass is 16.9. The Kier molecular flexibility index (Phi) is 9.57. The summed E-state index contributed by atoms with van der Waals surface area (Å²) >= 11 is 0. The molecule has 0 aromatic rings. The van der Waals surface area contributed by atoms with Crippen LogP contribution in [0.3, 0.4) is 0 Å². The molecule has 1 atom stereocenters. The predicted octanol–water partition coefficient (Wildman–Crippen LogP) is 4.66. The van der Waals surface area contributed by atoms with E-state index in [2.05, 4.69) is 27.7 Å². The van der Waals surface area contributed by atoms with Gasteiger partial charge in [0.25, 0.3) is 0 Å². The van der Waals surface area contributed by atoms with E-state index in [9.17, 15) is 0 Å². The summed E-state index contributed by atoms with van der Waals surface area (Å²) < 4.78 is 24.5. The standard InChI is InChI=1S/C18H36O4/c1-5-8-13-19-17(4)12-11-16-22-18(17,20-14-9-6-2)21-15-10-7-3/h5-16H2,1-4H3. The van der Waals surface area contributed by atoms with Gasteiger partial charge in [-0.1, -0.05) is 40.0 Å². The van der Waals surface area contributed by atoms with Crippen LogP contribution in [0.15, 0.2) is 0 Å². The van der Waals surface area contributed by atoms with Gasteiger partial charge in [0.2, 0.25) is 0 Å². The van der Waals surface area contributed by atoms with Crippen molar-refractivity contribution < 1.29 is 18.9 Å². The summed E-state index contributed by atoms with van der Waals surface area (Å²) in [4.78, 5) is 0. The summed E-state index contributed by atoms with van der Waals surface area (Å²) in [5.74, 6) is -1.04. The van der Waals surface area contributed by atoms with Gasteiger partial charge >= 0.3 is 5.97 Å². The van der Waals surface area contributed by atoms with Gasteiger partial charge < -0.3 is 18.9 Å². The molecule has 1 rings (SSSR count). The summed E-state index contributed by atoms with van der Waals surface area (Å²) in [5, 5.41) is 0. The van der Waals surface area contributed by atoms with Crippen LogP contribution in [0.1, 0.15) is 79.1 Å². The molecule has 0 amide bonds. The van der Waals surface area contributed by atoms with E-state index in [4.69, 9.17) is 18.9 Å². The van der Waals surface area contributed by atoms with Crippen molar-refractivity contribution in [2.24, 2.45) is 0 Å². The normalized spacial score (nSPS) is 24.5. The van der Waals surface area contributed by atoms with E-state index < -0.39 is 11.6 Å². The van der Waals surface area contributed by atoms with Crippen molar-refractivity contribution in [1.29, 1.82) is 0 Å². The molecule has 0 bridgehead atoms. The molecule has 0 aromatic carbocycles. The van der Waals surface area contributed by atoms with E-state index in [0.29, 0.717) is 19.8 Å². The van der Waals surface area contributed by atoms with Crippen molar-refractivity contribution in [3.63, 3.8) is 0 Å². The zero-order chi connectivity index (χ0) is 16.3. The third-order valence-electron chi connectivity index (χ3n) is 4.24. The van der Waals surface area contributed by atoms with Crippen LogP contribution in [-0.4, -0.2) is 38.0 Å². The number of hydrogen-bond donors (Lipinski definition) is 0. The molecule has 1 fully saturated rings. The van der Waals surface area contributed by atoms with Crippen LogP contribution in [0.2, 0.25) is 0 Å². The molecular weight excluding hydrogens is 280 g/mol. The minimum absolute atomic E-state index is 0.526. The second kappa shape index (κ2) is 10.6. The summed E-state index contributed by atoms with van der Waals surface area (Å²) in [5.41, 5.74) is -0.526. The maximum Gasteiger partial charge on any atom is 0.313 e. The molecule has 1 aliphatic heterocycles. The highest BCUT2D eigenvalue weighted by Crippen LogP contribution is 2.40. The molecule has 1 unspecified atom stereocenters. The van der Waals surface area contributed by atoms with Crippen LogP contribution in [0.4, 0.5) is 0 Å². The van der Waals surface area contributed by atoms with Crippen molar-refractivity contribution in [3.8, 4) is 0 Å². The highest BCUT2D eigenvalue weighted by Gasteiger charge is 2.55. The van der Waals surface area contributed by atoms with Crippen LogP contribution in [0.5, 0.6) is 0 Å². The average Bonchev–Trinajstić information content (AvgIpc) is 2.51. The fourth-order valence-electron chi connectivity index (χ4n) is 2.66. The fourth-order valence-corrected chi connectivity index (χ4v) is 2.66. The van der Waals surface area contributed by atoms with Crippen LogP contribution >= 0.6 is 0 Å². The van der Waals surface area contributed by atoms with E-state index in [1.807, 2.05) is 0 Å². The van der Waals surface area contributed by atoms with Gasteiger partial charge in [0.1, 0.15) is 5.60 Å². The molecule has 4 nitrogen and oxygen atoms in total. The minimum atomic E-state index is -1.04. The summed E-state index contributed by atoms with van der Waals surface area (Å²) in [6, 6.07) is 0. The molecule has 22 heavy (non-hydrogen) atoms. The topological polar surface area (TPSA) is 36.9 Å². The largest absolute Gasteiger partial charge is 0.367 e. The maximum atomic E-state index is 6.21. The third kappa shape index (κ3) is 5.48. The lowest BCUT2D eigenvalue weighted by atomic mass is 9.94. The van der Waals surface area contributed by atoms with Gasteiger partial charge in [-0.05, 0) is 39.0 Å². The number of ether oxygens (including phenoxy) is 4. The molecular formula is C18H36O4. The molecule has 0 radical (unpaired) electrons. The van der Waals surface area contributed by atoms with Gasteiger partial charge in [-0.25, -0.2) is 0 Å². The molecule has 0 saturated carbocycles. The summed E-state index contributed by atoms with van der Waals surface area (Å²) in [6.07, 6.45) is 8.28. The maximum absolute atomic E-state index is 6.21. The molecule has 132 valence electrons. The molecule has 0 aromatic heterocycles. The Bertz CT molecular complexity index is 272. The lowest BCUT2D eigenvalue weighted by Gasteiger charge is -2.49. The van der Waals surface area contributed by atoms with Gasteiger partial charge in [-0.2, -0.15) is 0 Å². The predicted molar refractivity (Wildman–Crippen MR) is 88.9 cm³/mol. The Labute approximate surface area is 136 Å². The first kappa shape index (κ1) is 19.9. The first-order chi connectivity index (χ1) is 10.6. The van der Waals surface area contributed by atoms with Gasteiger partial charge in [0.05, 0.1) is 19.8 Å². The Hall–Kier alpha value is -0.160. The van der Waals surface area contributed by atoms with Crippen molar-refractivity contribution in [3.05, 3.63) is 0 Å². The lowest BCUT2D eigenvalue weighted by molar-refractivity contribution is -0.456. The first-order valence-corrected chi connectivity index (χ1v) is 9.20. The summed E-state index contributed by atoms with van der Waals surface area (Å²) in [7, 11) is 0. The van der Waals surface area contributed by atoms with Crippen LogP contribution in [0, 0.1) is 0 Å². The van der Waals surface area contributed by atoms with Gasteiger partial charge in [0.15, 0.2) is 0 Å². The second-order valence-corrected chi connectivity index (χ2v) is 6.35. The quantitative estimate of drug-likeness (QED) is 0.387. The van der Waals surface area contributed by atoms with Gasteiger partial charge in [0, 0.05) is 6.61 Å². The Morgan fingerprint density at radius 3 is 1.82 bits per heavy atom. The van der Waals surface area contributed by atoms with Crippen LogP contribution < -0.4 is 0 Å². The van der Waals surface area contributed by atoms with E-state index in [1.54, 1.807) is 0 Å². The molecule has 1 heterocycles. The number of unbranched alkanes of at least 4 members (excludes halogenated alkanes) is 3. The Morgan fingerprint density at radius 2 is 1.32 bits per heavy atom. The highest BCUT2D eigenvalue weighted by molar-refractivity contribution is 4.90. The molecule has 0 spiro atoms. The van der Waals surface area contributed by atoms with Crippen LogP contribution in [0.25, 0.3) is 0 Å². The second-order valence-electron chi connectivity index (χ2n) is 6.35. The molecule has 0 aliphatic carbocycles. The number of rotatable bonds is 12. The van der Waals surface area contributed by atoms with Crippen molar-refractivity contribution in [2.75, 3.05) is 26.4 Å². The van der Waals surface area contributed by atoms with Crippen molar-refractivity contribution in [1.82, 2.24) is 0 Å². The van der Waals surface area contributed by atoms with Gasteiger partial charge in [-0.15, -0.1) is 0 Å². The monoisotopic (exact) mass is 316 g/mol. The molecule has 1 saturated heterocycles. The lowest BCUT2D eigenvalue weighted by Crippen LogP contribution is -2.62. The van der Waals surface area contributed by atoms with Crippen LogP contribution in [-0.2, 0) is 18.9 Å². The van der Waals surface area contributed by atoms with E-state index in [-0.39, 0.29) is 0 Å². The van der Waals surface area contributed by atoms with Gasteiger partial charge in [-0.3, -0.25) is 0 Å².